The Morgan fingerprint density at radius 3 is 2.41 bits per heavy atom. The van der Waals surface area contributed by atoms with Gasteiger partial charge < -0.3 is 19.7 Å². The normalized spacial score (nSPS) is 10.9. The van der Waals surface area contributed by atoms with Crippen LogP contribution in [0.4, 0.5) is 0 Å². The second-order valence-electron chi connectivity index (χ2n) is 4.20. The fourth-order valence-corrected chi connectivity index (χ4v) is 1.66. The third-order valence-corrected chi connectivity index (χ3v) is 2.62. The number of ether oxygens (including phenoxy) is 1. The van der Waals surface area contributed by atoms with E-state index in [1.807, 2.05) is 12.1 Å². The van der Waals surface area contributed by atoms with Crippen molar-refractivity contribution in [1.29, 1.82) is 0 Å². The molecule has 2 N–H and O–H groups in total. The van der Waals surface area contributed by atoms with E-state index in [4.69, 9.17) is 14.8 Å². The minimum Gasteiger partial charge on any atom is -0.423 e. The summed E-state index contributed by atoms with van der Waals surface area (Å²) in [5, 5.41) is 17.9. The standard InChI is InChI=1S/C12H20BNO3/c1-14(8-3-9-17-2)10-11-4-6-12(7-5-11)13(15)16/h4-7,15-16H,3,8-10H2,1-2H3. The lowest BCUT2D eigenvalue weighted by molar-refractivity contribution is 0.178. The number of hydrogen-bond donors (Lipinski definition) is 2. The third-order valence-electron chi connectivity index (χ3n) is 2.62. The first kappa shape index (κ1) is 14.2. The van der Waals surface area contributed by atoms with Crippen LogP contribution < -0.4 is 5.46 Å². The van der Waals surface area contributed by atoms with Gasteiger partial charge in [-0.15, -0.1) is 0 Å². The first-order valence-corrected chi connectivity index (χ1v) is 5.76. The lowest BCUT2D eigenvalue weighted by atomic mass is 9.80. The molecule has 0 aliphatic carbocycles. The zero-order chi connectivity index (χ0) is 12.7. The number of nitrogens with zero attached hydrogens (tertiary/aromatic N) is 1. The van der Waals surface area contributed by atoms with Crippen LogP contribution in [0, 0.1) is 0 Å². The van der Waals surface area contributed by atoms with Gasteiger partial charge in [0.2, 0.25) is 0 Å². The highest BCUT2D eigenvalue weighted by Crippen LogP contribution is 2.02. The summed E-state index contributed by atoms with van der Waals surface area (Å²) in [6, 6.07) is 7.31. The van der Waals surface area contributed by atoms with E-state index in [1.165, 1.54) is 0 Å². The first-order chi connectivity index (χ1) is 8.13. The molecule has 1 rings (SSSR count). The molecule has 0 bridgehead atoms. The minimum absolute atomic E-state index is 0.524. The molecule has 0 saturated carbocycles. The van der Waals surface area contributed by atoms with Crippen LogP contribution in [0.2, 0.25) is 0 Å². The van der Waals surface area contributed by atoms with Crippen LogP contribution in [-0.2, 0) is 11.3 Å². The Morgan fingerprint density at radius 2 is 1.88 bits per heavy atom. The molecule has 1 aromatic carbocycles. The SMILES string of the molecule is COCCCN(C)Cc1ccc(B(O)O)cc1. The highest BCUT2D eigenvalue weighted by Gasteiger charge is 2.09. The zero-order valence-corrected chi connectivity index (χ0v) is 10.5. The molecule has 0 fully saturated rings. The maximum atomic E-state index is 8.97. The Balaban J connectivity index is 2.40. The van der Waals surface area contributed by atoms with E-state index < -0.39 is 7.12 Å². The Labute approximate surface area is 103 Å². The van der Waals surface area contributed by atoms with Gasteiger partial charge in [0.15, 0.2) is 0 Å². The predicted octanol–water partition coefficient (Wildman–Crippen LogP) is -0.165. The van der Waals surface area contributed by atoms with Gasteiger partial charge in [-0.3, -0.25) is 0 Å². The van der Waals surface area contributed by atoms with Crippen LogP contribution in [0.25, 0.3) is 0 Å². The molecule has 0 saturated heterocycles. The summed E-state index contributed by atoms with van der Waals surface area (Å²) < 4.78 is 5.00. The van der Waals surface area contributed by atoms with E-state index in [-0.39, 0.29) is 0 Å². The van der Waals surface area contributed by atoms with Crippen molar-refractivity contribution in [2.24, 2.45) is 0 Å². The van der Waals surface area contributed by atoms with Gasteiger partial charge in [0.05, 0.1) is 0 Å². The van der Waals surface area contributed by atoms with Crippen LogP contribution >= 0.6 is 0 Å². The second-order valence-corrected chi connectivity index (χ2v) is 4.20. The van der Waals surface area contributed by atoms with Crippen LogP contribution in [0.15, 0.2) is 24.3 Å². The highest BCUT2D eigenvalue weighted by molar-refractivity contribution is 6.58. The highest BCUT2D eigenvalue weighted by atomic mass is 16.5. The van der Waals surface area contributed by atoms with Crippen molar-refractivity contribution in [2.75, 3.05) is 27.3 Å². The molecule has 5 heteroatoms. The molecule has 0 amide bonds. The van der Waals surface area contributed by atoms with Crippen LogP contribution in [0.1, 0.15) is 12.0 Å². The molecule has 0 atom stereocenters. The number of benzene rings is 1. The Hall–Kier alpha value is -0.875. The van der Waals surface area contributed by atoms with Crippen molar-refractivity contribution in [3.63, 3.8) is 0 Å². The maximum Gasteiger partial charge on any atom is 0.488 e. The summed E-state index contributed by atoms with van der Waals surface area (Å²) in [4.78, 5) is 2.21. The molecule has 0 heterocycles. The Kier molecular flexibility index (Phi) is 6.22. The van der Waals surface area contributed by atoms with Crippen molar-refractivity contribution in [1.82, 2.24) is 4.90 Å². The van der Waals surface area contributed by atoms with Gasteiger partial charge in [-0.25, -0.2) is 0 Å². The van der Waals surface area contributed by atoms with Gasteiger partial charge in [-0.05, 0) is 24.5 Å². The second kappa shape index (κ2) is 7.45. The molecule has 0 aliphatic heterocycles. The smallest absolute Gasteiger partial charge is 0.423 e. The summed E-state index contributed by atoms with van der Waals surface area (Å²) in [6.07, 6.45) is 1.01. The summed E-state index contributed by atoms with van der Waals surface area (Å²) in [6.45, 7) is 2.61. The average molecular weight is 237 g/mol. The summed E-state index contributed by atoms with van der Waals surface area (Å²) in [7, 11) is 2.38. The monoisotopic (exact) mass is 237 g/mol. The van der Waals surface area contributed by atoms with Gasteiger partial charge >= 0.3 is 7.12 Å². The quantitative estimate of drug-likeness (QED) is 0.511. The van der Waals surface area contributed by atoms with Gasteiger partial charge in [0.25, 0.3) is 0 Å². The molecule has 17 heavy (non-hydrogen) atoms. The average Bonchev–Trinajstić information content (AvgIpc) is 2.30. The van der Waals surface area contributed by atoms with E-state index in [0.717, 1.165) is 31.7 Å². The van der Waals surface area contributed by atoms with Crippen molar-refractivity contribution in [3.05, 3.63) is 29.8 Å². The van der Waals surface area contributed by atoms with Gasteiger partial charge in [0.1, 0.15) is 0 Å². The Morgan fingerprint density at radius 1 is 1.24 bits per heavy atom. The van der Waals surface area contributed by atoms with Crippen molar-refractivity contribution in [2.45, 2.75) is 13.0 Å². The molecule has 0 unspecified atom stereocenters. The maximum absolute atomic E-state index is 8.97. The third kappa shape index (κ3) is 5.32. The van der Waals surface area contributed by atoms with E-state index in [2.05, 4.69) is 11.9 Å². The summed E-state index contributed by atoms with van der Waals surface area (Å²) in [5.41, 5.74) is 1.69. The van der Waals surface area contributed by atoms with E-state index in [1.54, 1.807) is 19.2 Å². The number of rotatable bonds is 7. The Bertz CT molecular complexity index is 316. The van der Waals surface area contributed by atoms with Gasteiger partial charge in [0, 0.05) is 26.8 Å². The summed E-state index contributed by atoms with van der Waals surface area (Å²) >= 11 is 0. The fraction of sp³-hybridized carbons (Fsp3) is 0.500. The predicted molar refractivity (Wildman–Crippen MR) is 69.1 cm³/mol. The van der Waals surface area contributed by atoms with Crippen LogP contribution in [0.5, 0.6) is 0 Å². The first-order valence-electron chi connectivity index (χ1n) is 5.76. The number of methoxy groups -OCH3 is 1. The summed E-state index contributed by atoms with van der Waals surface area (Å²) in [5.74, 6) is 0. The molecule has 0 radical (unpaired) electrons. The fourth-order valence-electron chi connectivity index (χ4n) is 1.66. The molecular formula is C12H20BNO3. The molecule has 0 spiro atoms. The van der Waals surface area contributed by atoms with E-state index in [0.29, 0.717) is 5.46 Å². The van der Waals surface area contributed by atoms with Crippen molar-refractivity contribution >= 4 is 12.6 Å². The molecular weight excluding hydrogens is 217 g/mol. The van der Waals surface area contributed by atoms with Crippen LogP contribution in [-0.4, -0.2) is 49.4 Å². The van der Waals surface area contributed by atoms with Crippen molar-refractivity contribution < 1.29 is 14.8 Å². The van der Waals surface area contributed by atoms with Crippen LogP contribution in [0.3, 0.4) is 0 Å². The molecule has 94 valence electrons. The molecule has 0 aliphatic rings. The lowest BCUT2D eigenvalue weighted by Gasteiger charge is -2.16. The molecule has 0 aromatic heterocycles. The molecule has 4 nitrogen and oxygen atoms in total. The lowest BCUT2D eigenvalue weighted by Crippen LogP contribution is -2.29. The largest absolute Gasteiger partial charge is 0.488 e. The van der Waals surface area contributed by atoms with Crippen molar-refractivity contribution in [3.8, 4) is 0 Å². The van der Waals surface area contributed by atoms with Gasteiger partial charge in [-0.2, -0.15) is 0 Å². The zero-order valence-electron chi connectivity index (χ0n) is 10.5. The number of hydrogen-bond acceptors (Lipinski definition) is 4. The van der Waals surface area contributed by atoms with Gasteiger partial charge in [-0.1, -0.05) is 24.3 Å². The minimum atomic E-state index is -1.39. The topological polar surface area (TPSA) is 52.9 Å². The van der Waals surface area contributed by atoms with E-state index in [9.17, 15) is 0 Å². The van der Waals surface area contributed by atoms with E-state index >= 15 is 0 Å². The molecule has 1 aromatic rings.